The molecule has 4 heterocycles. The lowest BCUT2D eigenvalue weighted by Crippen LogP contribution is -2.88. The number of rotatable bonds is 10. The van der Waals surface area contributed by atoms with Crippen LogP contribution in [0.1, 0.15) is 17.2 Å². The van der Waals surface area contributed by atoms with Gasteiger partial charge in [-0.1, -0.05) is 72.4 Å². The number of alkyl halides is 1. The van der Waals surface area contributed by atoms with Crippen molar-refractivity contribution < 1.29 is 23.8 Å². The van der Waals surface area contributed by atoms with Crippen molar-refractivity contribution >= 4 is 47.0 Å². The molecular formula is C27H27ClN6O5S2. The SMILES string of the molecule is COC1(CCl)N[C@@]2(OC)C(=O)N3C(C(=O)OC(c4ccccc4)c4ccccc4)=C(CSc4nnnn4C)C1S[C@H]32. The number of hydrogen-bond donors (Lipinski definition) is 1. The van der Waals surface area contributed by atoms with Gasteiger partial charge in [-0.15, -0.1) is 28.5 Å². The molecule has 2 fully saturated rings. The molecule has 2 aromatic carbocycles. The number of carbonyl (C=O) groups excluding carboxylic acids is 2. The Kier molecular flexibility index (Phi) is 7.59. The lowest BCUT2D eigenvalue weighted by atomic mass is 9.89. The number of tetrazole rings is 1. The van der Waals surface area contributed by atoms with E-state index >= 15 is 0 Å². The van der Waals surface area contributed by atoms with E-state index < -0.39 is 40.1 Å². The monoisotopic (exact) mass is 614 g/mol. The molecule has 3 aliphatic rings. The van der Waals surface area contributed by atoms with Crippen LogP contribution < -0.4 is 5.32 Å². The van der Waals surface area contributed by atoms with E-state index in [0.717, 1.165) is 11.1 Å². The molecule has 0 saturated carbocycles. The lowest BCUT2D eigenvalue weighted by Gasteiger charge is -2.65. The van der Waals surface area contributed by atoms with Crippen molar-refractivity contribution in [2.24, 2.45) is 7.05 Å². The number of fused-ring (bicyclic) bond motifs is 1. The quantitative estimate of drug-likeness (QED) is 0.157. The summed E-state index contributed by atoms with van der Waals surface area (Å²) < 4.78 is 19.5. The third kappa shape index (κ3) is 4.46. The minimum Gasteiger partial charge on any atom is -0.448 e. The summed E-state index contributed by atoms with van der Waals surface area (Å²) >= 11 is 9.33. The Hall–Kier alpha value is -2.94. The van der Waals surface area contributed by atoms with E-state index in [4.69, 9.17) is 25.8 Å². The van der Waals surface area contributed by atoms with Crippen molar-refractivity contribution in [1.29, 1.82) is 0 Å². The summed E-state index contributed by atoms with van der Waals surface area (Å²) in [5.41, 5.74) is -0.232. The Morgan fingerprint density at radius 3 is 2.32 bits per heavy atom. The van der Waals surface area contributed by atoms with Gasteiger partial charge in [-0.3, -0.25) is 9.69 Å². The maximum Gasteiger partial charge on any atom is 0.356 e. The predicted octanol–water partition coefficient (Wildman–Crippen LogP) is 2.70. The van der Waals surface area contributed by atoms with Crippen molar-refractivity contribution in [2.45, 2.75) is 33.3 Å². The molecule has 0 aliphatic carbocycles. The van der Waals surface area contributed by atoms with Gasteiger partial charge >= 0.3 is 5.97 Å². The summed E-state index contributed by atoms with van der Waals surface area (Å²) in [4.78, 5) is 29.6. The van der Waals surface area contributed by atoms with Crippen LogP contribution in [0, 0.1) is 0 Å². The van der Waals surface area contributed by atoms with Crippen LogP contribution in [0.5, 0.6) is 0 Å². The smallest absolute Gasteiger partial charge is 0.356 e. The Bertz CT molecular complexity index is 1450. The molecule has 2 unspecified atom stereocenters. The molecule has 6 rings (SSSR count). The summed E-state index contributed by atoms with van der Waals surface area (Å²) in [6.07, 6.45) is -0.703. The Morgan fingerprint density at radius 1 is 1.12 bits per heavy atom. The average molecular weight is 615 g/mol. The molecule has 1 amide bonds. The molecule has 0 spiro atoms. The van der Waals surface area contributed by atoms with Gasteiger partial charge < -0.3 is 14.2 Å². The number of amides is 1. The molecule has 3 aliphatic heterocycles. The fraction of sp³-hybridized carbons (Fsp3) is 0.370. The highest BCUT2D eigenvalue weighted by Gasteiger charge is 2.74. The first kappa shape index (κ1) is 28.2. The molecule has 214 valence electrons. The van der Waals surface area contributed by atoms with E-state index in [1.165, 1.54) is 47.3 Å². The lowest BCUT2D eigenvalue weighted by molar-refractivity contribution is -0.214. The fourth-order valence-electron chi connectivity index (χ4n) is 5.42. The van der Waals surface area contributed by atoms with E-state index in [1.54, 1.807) is 7.05 Å². The molecule has 2 saturated heterocycles. The van der Waals surface area contributed by atoms with E-state index in [0.29, 0.717) is 10.7 Å². The molecule has 14 heteroatoms. The molecule has 2 bridgehead atoms. The van der Waals surface area contributed by atoms with Crippen LogP contribution in [0.2, 0.25) is 0 Å². The number of β-lactam (4-membered cyclic amide) rings is 1. The summed E-state index contributed by atoms with van der Waals surface area (Å²) in [5.74, 6) is -0.792. The first-order valence-electron chi connectivity index (χ1n) is 12.7. The van der Waals surface area contributed by atoms with Crippen molar-refractivity contribution in [3.63, 3.8) is 0 Å². The molecule has 41 heavy (non-hydrogen) atoms. The van der Waals surface area contributed by atoms with Crippen LogP contribution in [0.15, 0.2) is 77.1 Å². The van der Waals surface area contributed by atoms with E-state index in [1.807, 2.05) is 60.7 Å². The molecule has 4 atom stereocenters. The van der Waals surface area contributed by atoms with E-state index in [9.17, 15) is 9.59 Å². The standard InChI is InChI=1S/C27H27ClN6O5S2/c1-33-25(29-31-32-33)40-14-18-19(22(35)39-20(16-10-6-4-7-11-16)17-12-8-5-9-13-17)34-23(36)27(38-3)24(34)41-21(18)26(15-28,30-27)37-2/h4-13,20-21,24,30H,14-15H2,1-3H3/t21?,24-,26?,27+/m0/s1. The van der Waals surface area contributed by atoms with Gasteiger partial charge in [0, 0.05) is 27.0 Å². The third-order valence-electron chi connectivity index (χ3n) is 7.51. The van der Waals surface area contributed by atoms with Gasteiger partial charge in [-0.25, -0.2) is 14.8 Å². The largest absolute Gasteiger partial charge is 0.448 e. The number of aryl methyl sites for hydroxylation is 1. The second kappa shape index (κ2) is 11.0. The minimum atomic E-state index is -1.40. The zero-order valence-corrected chi connectivity index (χ0v) is 24.8. The number of carbonyl (C=O) groups is 2. The van der Waals surface area contributed by atoms with Crippen LogP contribution in [-0.4, -0.2) is 84.9 Å². The number of methoxy groups -OCH3 is 2. The molecular weight excluding hydrogens is 588 g/mol. The normalized spacial score (nSPS) is 26.8. The summed E-state index contributed by atoms with van der Waals surface area (Å²) in [7, 11) is 4.70. The summed E-state index contributed by atoms with van der Waals surface area (Å²) in [6, 6.07) is 19.0. The molecule has 1 N–H and O–H groups in total. The zero-order valence-electron chi connectivity index (χ0n) is 22.4. The maximum atomic E-state index is 14.3. The number of benzene rings is 2. The fourth-order valence-corrected chi connectivity index (χ4v) is 8.70. The van der Waals surface area contributed by atoms with Crippen molar-refractivity contribution in [2.75, 3.05) is 25.9 Å². The second-order valence-electron chi connectivity index (χ2n) is 9.69. The molecule has 11 nitrogen and oxygen atoms in total. The van der Waals surface area contributed by atoms with Crippen LogP contribution in [0.4, 0.5) is 0 Å². The van der Waals surface area contributed by atoms with Gasteiger partial charge in [0.2, 0.25) is 10.9 Å². The first-order valence-corrected chi connectivity index (χ1v) is 15.2. The highest BCUT2D eigenvalue weighted by molar-refractivity contribution is 8.01. The van der Waals surface area contributed by atoms with Crippen LogP contribution in [0.3, 0.4) is 0 Å². The number of thioether (sulfide) groups is 2. The minimum absolute atomic E-state index is 0.00899. The number of ether oxygens (including phenoxy) is 3. The topological polar surface area (TPSA) is 121 Å². The van der Waals surface area contributed by atoms with E-state index in [-0.39, 0.29) is 17.3 Å². The van der Waals surface area contributed by atoms with Gasteiger partial charge in [0.05, 0.1) is 11.1 Å². The predicted molar refractivity (Wildman–Crippen MR) is 153 cm³/mol. The van der Waals surface area contributed by atoms with E-state index in [2.05, 4.69) is 20.8 Å². The maximum absolute atomic E-state index is 14.3. The Labute approximate surface area is 249 Å². The van der Waals surface area contributed by atoms with Crippen molar-refractivity contribution in [1.82, 2.24) is 30.4 Å². The number of halogens is 1. The van der Waals surface area contributed by atoms with Crippen LogP contribution >= 0.6 is 35.1 Å². The van der Waals surface area contributed by atoms with Gasteiger partial charge in [0.25, 0.3) is 5.91 Å². The number of aromatic nitrogens is 4. The van der Waals surface area contributed by atoms with Crippen molar-refractivity contribution in [3.8, 4) is 0 Å². The molecule has 1 aromatic heterocycles. The Balaban J connectivity index is 1.46. The van der Waals surface area contributed by atoms with Crippen molar-refractivity contribution in [3.05, 3.63) is 83.1 Å². The highest BCUT2D eigenvalue weighted by atomic mass is 35.5. The number of nitrogens with zero attached hydrogens (tertiary/aromatic N) is 5. The van der Waals surface area contributed by atoms with Gasteiger partial charge in [-0.2, -0.15) is 0 Å². The molecule has 3 aromatic rings. The summed E-state index contributed by atoms with van der Waals surface area (Å²) in [5, 5.41) is 14.5. The van der Waals surface area contributed by atoms with Gasteiger partial charge in [-0.05, 0) is 27.1 Å². The first-order chi connectivity index (χ1) is 19.9. The number of nitrogens with one attached hydrogen (secondary N) is 1. The third-order valence-corrected chi connectivity index (χ3v) is 10.7. The average Bonchev–Trinajstić information content (AvgIpc) is 3.43. The van der Waals surface area contributed by atoms with Crippen LogP contribution in [0.25, 0.3) is 0 Å². The number of esters is 1. The summed E-state index contributed by atoms with van der Waals surface area (Å²) in [6.45, 7) is 0. The van der Waals surface area contributed by atoms with Crippen LogP contribution in [-0.2, 0) is 30.8 Å². The highest BCUT2D eigenvalue weighted by Crippen LogP contribution is 2.57. The second-order valence-corrected chi connectivity index (χ2v) is 12.1. The van der Waals surface area contributed by atoms with Gasteiger partial charge in [0.15, 0.2) is 11.8 Å². The van der Waals surface area contributed by atoms with Gasteiger partial charge in [0.1, 0.15) is 11.1 Å². The number of hydrogen-bond acceptors (Lipinski definition) is 11. The zero-order chi connectivity index (χ0) is 28.8. The molecule has 0 radical (unpaired) electrons. The Morgan fingerprint density at radius 2 is 1.78 bits per heavy atom.